The van der Waals surface area contributed by atoms with Crippen molar-refractivity contribution in [3.63, 3.8) is 0 Å². The maximum atomic E-state index is 13.2. The normalized spacial score (nSPS) is 27.7. The Morgan fingerprint density at radius 1 is 0.941 bits per heavy atom. The van der Waals surface area contributed by atoms with Gasteiger partial charge >= 0.3 is 5.69 Å². The number of anilines is 1. The van der Waals surface area contributed by atoms with Crippen LogP contribution in [-0.4, -0.2) is 30.8 Å². The molecule has 0 saturated heterocycles. The number of hydrogen-bond acceptors (Lipinski definition) is 4. The molecule has 8 nitrogen and oxygen atoms in total. The van der Waals surface area contributed by atoms with Crippen LogP contribution in [0.2, 0.25) is 0 Å². The van der Waals surface area contributed by atoms with Gasteiger partial charge in [0.1, 0.15) is 0 Å². The highest BCUT2D eigenvalue weighted by Gasteiger charge is 2.50. The predicted octanol–water partition coefficient (Wildman–Crippen LogP) is 3.60. The number of carbonyl (C=O) groups excluding carboxylic acids is 1. The number of imidazole rings is 1. The molecule has 9 heteroatoms. The summed E-state index contributed by atoms with van der Waals surface area (Å²) in [6.07, 6.45) is 7.62. The summed E-state index contributed by atoms with van der Waals surface area (Å²) in [5, 5.41) is 3.13. The lowest BCUT2D eigenvalue weighted by molar-refractivity contribution is -0.0503. The second-order valence-electron chi connectivity index (χ2n) is 10.5. The number of sulfonamides is 1. The zero-order valence-electron chi connectivity index (χ0n) is 18.8. The van der Waals surface area contributed by atoms with Gasteiger partial charge in [-0.1, -0.05) is 12.1 Å². The van der Waals surface area contributed by atoms with Gasteiger partial charge in [0.25, 0.3) is 15.9 Å². The van der Waals surface area contributed by atoms with E-state index < -0.39 is 15.7 Å². The highest BCUT2D eigenvalue weighted by Crippen LogP contribution is 2.59. The van der Waals surface area contributed by atoms with Crippen LogP contribution >= 0.6 is 0 Å². The van der Waals surface area contributed by atoms with Crippen LogP contribution in [-0.2, 0) is 10.0 Å². The Morgan fingerprint density at radius 2 is 1.59 bits per heavy atom. The van der Waals surface area contributed by atoms with Gasteiger partial charge in [0.2, 0.25) is 0 Å². The molecule has 4 bridgehead atoms. The Bertz CT molecular complexity index is 1400. The maximum absolute atomic E-state index is 13.2. The van der Waals surface area contributed by atoms with Gasteiger partial charge in [0.15, 0.2) is 0 Å². The van der Waals surface area contributed by atoms with Gasteiger partial charge in [-0.05, 0) is 92.0 Å². The van der Waals surface area contributed by atoms with Crippen LogP contribution in [0.5, 0.6) is 0 Å². The van der Waals surface area contributed by atoms with Gasteiger partial charge in [0, 0.05) is 6.54 Å². The first-order valence-electron chi connectivity index (χ1n) is 11.9. The molecule has 1 heterocycles. The van der Waals surface area contributed by atoms with E-state index in [-0.39, 0.29) is 21.9 Å². The molecule has 1 amide bonds. The molecule has 4 fully saturated rings. The fraction of sp³-hybridized carbons (Fsp3) is 0.440. The Kier molecular flexibility index (Phi) is 4.88. The second kappa shape index (κ2) is 7.73. The summed E-state index contributed by atoms with van der Waals surface area (Å²) in [4.78, 5) is 29.8. The Labute approximate surface area is 197 Å². The van der Waals surface area contributed by atoms with Crippen LogP contribution in [0, 0.1) is 23.2 Å². The number of nitrogens with one attached hydrogen (secondary N) is 4. The van der Waals surface area contributed by atoms with Crippen molar-refractivity contribution < 1.29 is 13.2 Å². The van der Waals surface area contributed by atoms with Crippen LogP contribution in [0.3, 0.4) is 0 Å². The molecular weight excluding hydrogens is 452 g/mol. The van der Waals surface area contributed by atoms with Crippen molar-refractivity contribution in [2.24, 2.45) is 23.2 Å². The number of H-pyrrole nitrogens is 2. The van der Waals surface area contributed by atoms with E-state index in [1.807, 2.05) is 0 Å². The molecule has 2 aromatic carbocycles. The third kappa shape index (κ3) is 3.81. The van der Waals surface area contributed by atoms with Gasteiger partial charge in [0.05, 0.1) is 27.2 Å². The summed E-state index contributed by atoms with van der Waals surface area (Å²) in [7, 11) is -3.97. The number of aromatic amines is 2. The number of aromatic nitrogens is 2. The van der Waals surface area contributed by atoms with Crippen LogP contribution in [0.1, 0.15) is 48.9 Å². The minimum absolute atomic E-state index is 0.000900. The van der Waals surface area contributed by atoms with E-state index in [2.05, 4.69) is 20.0 Å². The largest absolute Gasteiger partial charge is 0.351 e. The number of hydrogen-bond donors (Lipinski definition) is 4. The number of fused-ring (bicyclic) bond motifs is 1. The average Bonchev–Trinajstić information content (AvgIpc) is 3.16. The molecule has 4 aliphatic carbocycles. The molecule has 178 valence electrons. The van der Waals surface area contributed by atoms with Crippen LogP contribution in [0.15, 0.2) is 52.2 Å². The minimum atomic E-state index is -3.97. The first-order chi connectivity index (χ1) is 16.3. The van der Waals surface area contributed by atoms with Crippen molar-refractivity contribution in [3.05, 3.63) is 58.5 Å². The van der Waals surface area contributed by atoms with E-state index in [0.717, 1.165) is 17.8 Å². The van der Waals surface area contributed by atoms with E-state index in [1.165, 1.54) is 56.7 Å². The summed E-state index contributed by atoms with van der Waals surface area (Å²) in [6.45, 7) is 0.647. The molecule has 0 unspecified atom stereocenters. The molecule has 4 aliphatic rings. The van der Waals surface area contributed by atoms with E-state index in [1.54, 1.807) is 24.3 Å². The zero-order chi connectivity index (χ0) is 23.5. The third-order valence-corrected chi connectivity index (χ3v) is 9.37. The fourth-order valence-electron chi connectivity index (χ4n) is 7.02. The average molecular weight is 481 g/mol. The number of para-hydroxylation sites is 1. The van der Waals surface area contributed by atoms with Gasteiger partial charge in [-0.25, -0.2) is 13.2 Å². The number of rotatable bonds is 6. The van der Waals surface area contributed by atoms with Gasteiger partial charge in [-0.3, -0.25) is 9.52 Å². The van der Waals surface area contributed by atoms with Crippen molar-refractivity contribution >= 4 is 32.7 Å². The van der Waals surface area contributed by atoms with Gasteiger partial charge < -0.3 is 15.3 Å². The second-order valence-corrected chi connectivity index (χ2v) is 12.2. The summed E-state index contributed by atoms with van der Waals surface area (Å²) in [5.74, 6) is 2.14. The summed E-state index contributed by atoms with van der Waals surface area (Å²) in [6, 6.07) is 11.0. The first-order valence-corrected chi connectivity index (χ1v) is 13.4. The van der Waals surface area contributed by atoms with Crippen molar-refractivity contribution in [3.8, 4) is 0 Å². The molecule has 0 atom stereocenters. The summed E-state index contributed by atoms with van der Waals surface area (Å²) >= 11 is 0. The Morgan fingerprint density at radius 3 is 2.29 bits per heavy atom. The molecule has 3 aromatic rings. The van der Waals surface area contributed by atoms with Crippen LogP contribution < -0.4 is 15.7 Å². The zero-order valence-corrected chi connectivity index (χ0v) is 19.6. The van der Waals surface area contributed by atoms with Crippen LogP contribution in [0.4, 0.5) is 5.69 Å². The smallest absolute Gasteiger partial charge is 0.323 e. The molecule has 0 spiro atoms. The van der Waals surface area contributed by atoms with Gasteiger partial charge in [-0.15, -0.1) is 0 Å². The van der Waals surface area contributed by atoms with Crippen molar-refractivity contribution in [2.75, 3.05) is 11.3 Å². The summed E-state index contributed by atoms with van der Waals surface area (Å²) < 4.78 is 28.7. The molecule has 0 radical (unpaired) electrons. The lowest BCUT2D eigenvalue weighted by atomic mass is 9.49. The third-order valence-electron chi connectivity index (χ3n) is 8.00. The monoisotopic (exact) mass is 480 g/mol. The minimum Gasteiger partial charge on any atom is -0.351 e. The van der Waals surface area contributed by atoms with Gasteiger partial charge in [-0.2, -0.15) is 0 Å². The first kappa shape index (κ1) is 21.5. The number of benzene rings is 2. The van der Waals surface area contributed by atoms with Crippen molar-refractivity contribution in [1.82, 2.24) is 15.3 Å². The Hall–Kier alpha value is -3.07. The summed E-state index contributed by atoms with van der Waals surface area (Å²) in [5.41, 5.74) is 1.24. The molecule has 0 aliphatic heterocycles. The number of carbonyl (C=O) groups is 1. The highest BCUT2D eigenvalue weighted by molar-refractivity contribution is 7.92. The van der Waals surface area contributed by atoms with E-state index in [4.69, 9.17) is 0 Å². The lowest BCUT2D eigenvalue weighted by Crippen LogP contribution is -2.51. The maximum Gasteiger partial charge on any atom is 0.323 e. The van der Waals surface area contributed by atoms with Crippen LogP contribution in [0.25, 0.3) is 11.0 Å². The molecule has 34 heavy (non-hydrogen) atoms. The molecule has 4 saturated carbocycles. The van der Waals surface area contributed by atoms with Crippen molar-refractivity contribution in [1.29, 1.82) is 0 Å². The molecule has 7 rings (SSSR count). The van der Waals surface area contributed by atoms with E-state index in [9.17, 15) is 18.0 Å². The fourth-order valence-corrected chi connectivity index (χ4v) is 8.13. The molecular formula is C25H28N4O4S. The SMILES string of the molecule is O=C(NCC12CC3CC(CC(C3)C1)C2)c1ccccc1NS(=O)(=O)c1ccc2[nH]c(=O)[nH]c2c1. The molecule has 4 N–H and O–H groups in total. The van der Waals surface area contributed by atoms with Crippen molar-refractivity contribution in [2.45, 2.75) is 43.4 Å². The highest BCUT2D eigenvalue weighted by atomic mass is 32.2. The standard InChI is InChI=1S/C25H28N4O4S/c30-23(26-14-25-11-15-7-16(12-25)9-17(8-15)13-25)19-3-1-2-4-20(19)29-34(32,33)18-5-6-21-22(10-18)28-24(31)27-21/h1-6,10,15-17,29H,7-9,11-14H2,(H,26,30)(H2,27,28,31). The van der Waals surface area contributed by atoms with E-state index >= 15 is 0 Å². The predicted molar refractivity (Wildman–Crippen MR) is 129 cm³/mol. The lowest BCUT2D eigenvalue weighted by Gasteiger charge is -2.56. The van der Waals surface area contributed by atoms with E-state index in [0.29, 0.717) is 23.1 Å². The quantitative estimate of drug-likeness (QED) is 0.430. The number of amides is 1. The topological polar surface area (TPSA) is 124 Å². The Balaban J connectivity index is 1.21. The molecule has 1 aromatic heterocycles.